The largest absolute Gasteiger partial charge is 0.379 e. The molecule has 1 amide bonds. The Labute approximate surface area is 142 Å². The van der Waals surface area contributed by atoms with Crippen LogP contribution in [0.15, 0.2) is 0 Å². The molecule has 2 rings (SSSR count). The second-order valence-corrected chi connectivity index (χ2v) is 7.14. The Morgan fingerprint density at radius 2 is 2.09 bits per heavy atom. The molecule has 0 radical (unpaired) electrons. The van der Waals surface area contributed by atoms with Gasteiger partial charge in [-0.15, -0.1) is 0 Å². The van der Waals surface area contributed by atoms with E-state index in [4.69, 9.17) is 4.74 Å². The number of aryl methyl sites for hydroxylation is 1. The third kappa shape index (κ3) is 4.89. The van der Waals surface area contributed by atoms with Crippen molar-refractivity contribution in [3.05, 3.63) is 11.3 Å². The SMILES string of the molecule is CNc1snc(C)c1C(=O)NC[C@@H](CC(C)C)N1CCOCC1. The van der Waals surface area contributed by atoms with Gasteiger partial charge in [0.05, 0.1) is 24.5 Å². The van der Waals surface area contributed by atoms with Crippen molar-refractivity contribution in [1.29, 1.82) is 0 Å². The highest BCUT2D eigenvalue weighted by Crippen LogP contribution is 2.23. The summed E-state index contributed by atoms with van der Waals surface area (Å²) in [6.45, 7) is 10.4. The van der Waals surface area contributed by atoms with Crippen molar-refractivity contribution in [2.45, 2.75) is 33.2 Å². The van der Waals surface area contributed by atoms with Crippen molar-refractivity contribution in [2.75, 3.05) is 45.2 Å². The van der Waals surface area contributed by atoms with Crippen LogP contribution in [0.4, 0.5) is 5.00 Å². The van der Waals surface area contributed by atoms with Crippen LogP contribution >= 0.6 is 11.5 Å². The Morgan fingerprint density at radius 3 is 2.70 bits per heavy atom. The molecule has 1 aliphatic heterocycles. The standard InChI is InChI=1S/C16H28N4O2S/c1-11(2)9-13(20-5-7-22-8-6-20)10-18-15(21)14-12(3)19-23-16(14)17-4/h11,13,17H,5-10H2,1-4H3,(H,18,21)/t13-/m1/s1. The zero-order chi connectivity index (χ0) is 16.8. The van der Waals surface area contributed by atoms with Gasteiger partial charge in [0, 0.05) is 32.7 Å². The highest BCUT2D eigenvalue weighted by molar-refractivity contribution is 7.10. The Bertz CT molecular complexity index is 512. The van der Waals surface area contributed by atoms with E-state index in [1.165, 1.54) is 11.5 Å². The molecule has 0 spiro atoms. The van der Waals surface area contributed by atoms with Crippen LogP contribution in [0.25, 0.3) is 0 Å². The number of carbonyl (C=O) groups excluding carboxylic acids is 1. The average molecular weight is 340 g/mol. The molecule has 7 heteroatoms. The van der Waals surface area contributed by atoms with E-state index in [9.17, 15) is 4.79 Å². The number of hydrogen-bond acceptors (Lipinski definition) is 6. The lowest BCUT2D eigenvalue weighted by atomic mass is 10.0. The van der Waals surface area contributed by atoms with Gasteiger partial charge in [0.15, 0.2) is 0 Å². The monoisotopic (exact) mass is 340 g/mol. The topological polar surface area (TPSA) is 66.5 Å². The maximum absolute atomic E-state index is 12.6. The van der Waals surface area contributed by atoms with Gasteiger partial charge >= 0.3 is 0 Å². The van der Waals surface area contributed by atoms with Crippen LogP contribution in [0.2, 0.25) is 0 Å². The number of nitrogens with one attached hydrogen (secondary N) is 2. The number of nitrogens with zero attached hydrogens (tertiary/aromatic N) is 2. The van der Waals surface area contributed by atoms with E-state index in [0.717, 1.165) is 43.4 Å². The summed E-state index contributed by atoms with van der Waals surface area (Å²) in [7, 11) is 1.82. The van der Waals surface area contributed by atoms with Gasteiger partial charge in [0.1, 0.15) is 5.00 Å². The molecule has 1 aliphatic rings. The molecule has 1 aromatic heterocycles. The zero-order valence-electron chi connectivity index (χ0n) is 14.5. The summed E-state index contributed by atoms with van der Waals surface area (Å²) in [6, 6.07) is 0.354. The van der Waals surface area contributed by atoms with Crippen molar-refractivity contribution in [3.8, 4) is 0 Å². The first-order chi connectivity index (χ1) is 11.0. The molecule has 6 nitrogen and oxygen atoms in total. The highest BCUT2D eigenvalue weighted by Gasteiger charge is 2.24. The number of rotatable bonds is 7. The minimum Gasteiger partial charge on any atom is -0.379 e. The molecule has 130 valence electrons. The van der Waals surface area contributed by atoms with Crippen LogP contribution in [0, 0.1) is 12.8 Å². The van der Waals surface area contributed by atoms with Crippen LogP contribution in [0.1, 0.15) is 36.3 Å². The lowest BCUT2D eigenvalue weighted by Gasteiger charge is -2.35. The number of amides is 1. The second kappa shape index (κ2) is 8.61. The van der Waals surface area contributed by atoms with E-state index < -0.39 is 0 Å². The van der Waals surface area contributed by atoms with Crippen molar-refractivity contribution in [1.82, 2.24) is 14.6 Å². The Morgan fingerprint density at radius 1 is 1.39 bits per heavy atom. The van der Waals surface area contributed by atoms with Gasteiger partial charge in [-0.25, -0.2) is 0 Å². The summed E-state index contributed by atoms with van der Waals surface area (Å²) in [5, 5.41) is 6.98. The average Bonchev–Trinajstić information content (AvgIpc) is 2.92. The van der Waals surface area contributed by atoms with Gasteiger partial charge in [-0.3, -0.25) is 9.69 Å². The van der Waals surface area contributed by atoms with E-state index in [1.807, 2.05) is 14.0 Å². The number of carbonyl (C=O) groups is 1. The van der Waals surface area contributed by atoms with Gasteiger partial charge in [0.2, 0.25) is 0 Å². The normalized spacial score (nSPS) is 17.3. The number of anilines is 1. The molecule has 23 heavy (non-hydrogen) atoms. The van der Waals surface area contributed by atoms with E-state index in [1.54, 1.807) is 0 Å². The van der Waals surface area contributed by atoms with Crippen LogP contribution in [0.3, 0.4) is 0 Å². The first kappa shape index (κ1) is 18.2. The molecule has 0 saturated carbocycles. The predicted octanol–water partition coefficient (Wildman–Crippen LogP) is 1.97. The number of aromatic nitrogens is 1. The fraction of sp³-hybridized carbons (Fsp3) is 0.750. The van der Waals surface area contributed by atoms with Crippen LogP contribution < -0.4 is 10.6 Å². The van der Waals surface area contributed by atoms with Gasteiger partial charge < -0.3 is 15.4 Å². The van der Waals surface area contributed by atoms with Crippen molar-refractivity contribution >= 4 is 22.4 Å². The number of morpholine rings is 1. The third-order valence-electron chi connectivity index (χ3n) is 4.12. The predicted molar refractivity (Wildman–Crippen MR) is 94.4 cm³/mol. The van der Waals surface area contributed by atoms with Crippen molar-refractivity contribution < 1.29 is 9.53 Å². The smallest absolute Gasteiger partial charge is 0.256 e. The quantitative estimate of drug-likeness (QED) is 0.794. The molecule has 2 N–H and O–H groups in total. The summed E-state index contributed by atoms with van der Waals surface area (Å²) in [5.74, 6) is 0.555. The van der Waals surface area contributed by atoms with Gasteiger partial charge in [-0.1, -0.05) is 13.8 Å². The van der Waals surface area contributed by atoms with Crippen molar-refractivity contribution in [2.24, 2.45) is 5.92 Å². The molecule has 0 aliphatic carbocycles. The van der Waals surface area contributed by atoms with E-state index in [-0.39, 0.29) is 5.91 Å². The molecule has 0 unspecified atom stereocenters. The van der Waals surface area contributed by atoms with Gasteiger partial charge in [0.25, 0.3) is 5.91 Å². The summed E-state index contributed by atoms with van der Waals surface area (Å²) >= 11 is 1.33. The van der Waals surface area contributed by atoms with Crippen molar-refractivity contribution in [3.63, 3.8) is 0 Å². The Kier molecular flexibility index (Phi) is 6.80. The fourth-order valence-electron chi connectivity index (χ4n) is 2.95. The Balaban J connectivity index is 1.99. The summed E-state index contributed by atoms with van der Waals surface area (Å²) in [5.41, 5.74) is 1.45. The molecule has 1 aromatic rings. The molecular weight excluding hydrogens is 312 g/mol. The molecular formula is C16H28N4O2S. The van der Waals surface area contributed by atoms with E-state index in [0.29, 0.717) is 24.1 Å². The maximum Gasteiger partial charge on any atom is 0.256 e. The molecule has 0 aromatic carbocycles. The molecule has 2 heterocycles. The summed E-state index contributed by atoms with van der Waals surface area (Å²) in [4.78, 5) is 15.0. The molecule has 0 bridgehead atoms. The molecule has 1 atom stereocenters. The summed E-state index contributed by atoms with van der Waals surface area (Å²) < 4.78 is 9.71. The highest BCUT2D eigenvalue weighted by atomic mass is 32.1. The fourth-order valence-corrected chi connectivity index (χ4v) is 3.70. The maximum atomic E-state index is 12.6. The van der Waals surface area contributed by atoms with E-state index >= 15 is 0 Å². The van der Waals surface area contributed by atoms with Gasteiger partial charge in [-0.2, -0.15) is 4.37 Å². The van der Waals surface area contributed by atoms with Crippen LogP contribution in [-0.2, 0) is 4.74 Å². The van der Waals surface area contributed by atoms with E-state index in [2.05, 4.69) is 33.8 Å². The van der Waals surface area contributed by atoms with Gasteiger partial charge in [-0.05, 0) is 30.8 Å². The minimum absolute atomic E-state index is 0.0392. The zero-order valence-corrected chi connectivity index (χ0v) is 15.3. The second-order valence-electron chi connectivity index (χ2n) is 6.36. The summed E-state index contributed by atoms with van der Waals surface area (Å²) in [6.07, 6.45) is 1.07. The number of ether oxygens (including phenoxy) is 1. The minimum atomic E-state index is -0.0392. The molecule has 1 saturated heterocycles. The first-order valence-electron chi connectivity index (χ1n) is 8.27. The van der Waals surface area contributed by atoms with Crippen LogP contribution in [-0.4, -0.2) is 61.1 Å². The lowest BCUT2D eigenvalue weighted by Crippen LogP contribution is -2.49. The first-order valence-corrected chi connectivity index (χ1v) is 9.04. The number of hydrogen-bond donors (Lipinski definition) is 2. The third-order valence-corrected chi connectivity index (χ3v) is 5.08. The van der Waals surface area contributed by atoms with Crippen LogP contribution in [0.5, 0.6) is 0 Å². The Hall–Kier alpha value is -1.18. The lowest BCUT2D eigenvalue weighted by molar-refractivity contribution is 0.0124. The molecule has 1 fully saturated rings.